The third-order valence-corrected chi connectivity index (χ3v) is 4.81. The van der Waals surface area contributed by atoms with E-state index in [1.807, 2.05) is 25.1 Å². The van der Waals surface area contributed by atoms with Gasteiger partial charge in [0.2, 0.25) is 6.41 Å². The second kappa shape index (κ2) is 7.71. The summed E-state index contributed by atoms with van der Waals surface area (Å²) >= 11 is 6.31. The second-order valence-electron chi connectivity index (χ2n) is 6.37. The van der Waals surface area contributed by atoms with Crippen LogP contribution in [0.1, 0.15) is 29.5 Å². The molecule has 0 N–H and O–H groups in total. The van der Waals surface area contributed by atoms with Gasteiger partial charge in [-0.2, -0.15) is 0 Å². The molecule has 3 rings (SSSR count). The molecule has 1 aliphatic rings. The molecule has 1 aliphatic heterocycles. The van der Waals surface area contributed by atoms with Gasteiger partial charge < -0.3 is 9.64 Å². The van der Waals surface area contributed by atoms with Gasteiger partial charge in [0.1, 0.15) is 11.9 Å². The molecule has 2 aromatic carbocycles. The number of carbonyl (C=O) groups excluding carboxylic acids is 1. The van der Waals surface area contributed by atoms with Crippen molar-refractivity contribution in [3.05, 3.63) is 64.2 Å². The zero-order valence-corrected chi connectivity index (χ0v) is 14.6. The molecule has 24 heavy (non-hydrogen) atoms. The van der Waals surface area contributed by atoms with Crippen LogP contribution in [0.4, 0.5) is 0 Å². The summed E-state index contributed by atoms with van der Waals surface area (Å²) < 4.78 is 6.02. The smallest absolute Gasteiger partial charge is 0.209 e. The number of piperidine rings is 1. The lowest BCUT2D eigenvalue weighted by atomic mass is 10.0. The SMILES string of the molecule is Cc1ccc(Cc2ccc(OC3CCN(C=O)CC3)cc2)c(Cl)c1. The predicted octanol–water partition coefficient (Wildman–Crippen LogP) is 4.24. The summed E-state index contributed by atoms with van der Waals surface area (Å²) in [5, 5.41) is 0.817. The van der Waals surface area contributed by atoms with E-state index in [0.29, 0.717) is 0 Å². The number of likely N-dealkylation sites (tertiary alicyclic amines) is 1. The van der Waals surface area contributed by atoms with E-state index in [-0.39, 0.29) is 6.10 Å². The first kappa shape index (κ1) is 16.8. The molecule has 2 aromatic rings. The second-order valence-corrected chi connectivity index (χ2v) is 6.78. The van der Waals surface area contributed by atoms with Gasteiger partial charge in [0.15, 0.2) is 0 Å². The van der Waals surface area contributed by atoms with Crippen LogP contribution in [0.15, 0.2) is 42.5 Å². The lowest BCUT2D eigenvalue weighted by Gasteiger charge is -2.29. The maximum atomic E-state index is 10.7. The minimum absolute atomic E-state index is 0.193. The Bertz CT molecular complexity index is 691. The van der Waals surface area contributed by atoms with E-state index in [4.69, 9.17) is 16.3 Å². The lowest BCUT2D eigenvalue weighted by Crippen LogP contribution is -2.37. The van der Waals surface area contributed by atoms with E-state index in [2.05, 4.69) is 24.3 Å². The number of carbonyl (C=O) groups is 1. The highest BCUT2D eigenvalue weighted by atomic mass is 35.5. The van der Waals surface area contributed by atoms with Crippen LogP contribution in [0.5, 0.6) is 5.75 Å². The van der Waals surface area contributed by atoms with E-state index >= 15 is 0 Å². The van der Waals surface area contributed by atoms with Crippen LogP contribution < -0.4 is 4.74 Å². The average molecular weight is 344 g/mol. The standard InChI is InChI=1S/C20H22ClNO2/c1-15-2-5-17(20(21)12-15)13-16-3-6-18(7-4-16)24-19-8-10-22(14-23)11-9-19/h2-7,12,14,19H,8-11,13H2,1H3. The number of aryl methyl sites for hydroxylation is 1. The summed E-state index contributed by atoms with van der Waals surface area (Å²) in [5.41, 5.74) is 3.52. The maximum absolute atomic E-state index is 10.7. The number of ether oxygens (including phenoxy) is 1. The Kier molecular flexibility index (Phi) is 5.41. The number of halogens is 1. The molecule has 126 valence electrons. The molecule has 0 aliphatic carbocycles. The Balaban J connectivity index is 1.58. The fraction of sp³-hybridized carbons (Fsp3) is 0.350. The number of amides is 1. The van der Waals surface area contributed by atoms with Crippen molar-refractivity contribution < 1.29 is 9.53 Å². The highest BCUT2D eigenvalue weighted by molar-refractivity contribution is 6.31. The molecule has 1 amide bonds. The molecule has 0 unspecified atom stereocenters. The Morgan fingerprint density at radius 1 is 1.17 bits per heavy atom. The monoisotopic (exact) mass is 343 g/mol. The van der Waals surface area contributed by atoms with Crippen molar-refractivity contribution in [2.75, 3.05) is 13.1 Å². The Morgan fingerprint density at radius 2 is 1.88 bits per heavy atom. The molecule has 0 spiro atoms. The average Bonchev–Trinajstić information content (AvgIpc) is 2.60. The zero-order valence-electron chi connectivity index (χ0n) is 13.9. The van der Waals surface area contributed by atoms with Gasteiger partial charge in [-0.3, -0.25) is 4.79 Å². The predicted molar refractivity (Wildman–Crippen MR) is 96.7 cm³/mol. The third kappa shape index (κ3) is 4.30. The molecule has 0 bridgehead atoms. The molecule has 0 atom stereocenters. The fourth-order valence-corrected chi connectivity index (χ4v) is 3.29. The van der Waals surface area contributed by atoms with E-state index in [9.17, 15) is 4.79 Å². The van der Waals surface area contributed by atoms with Gasteiger partial charge in [-0.1, -0.05) is 35.9 Å². The molecule has 0 radical (unpaired) electrons. The first-order chi connectivity index (χ1) is 11.6. The largest absolute Gasteiger partial charge is 0.490 e. The normalized spacial score (nSPS) is 15.3. The minimum Gasteiger partial charge on any atom is -0.490 e. The number of hydrogen-bond acceptors (Lipinski definition) is 2. The summed E-state index contributed by atoms with van der Waals surface area (Å²) in [5.74, 6) is 0.887. The van der Waals surface area contributed by atoms with Crippen LogP contribution in [-0.2, 0) is 11.2 Å². The van der Waals surface area contributed by atoms with Crippen LogP contribution in [0, 0.1) is 6.92 Å². The minimum atomic E-state index is 0.193. The molecule has 1 saturated heterocycles. The highest BCUT2D eigenvalue weighted by Crippen LogP contribution is 2.23. The van der Waals surface area contributed by atoms with Crippen molar-refractivity contribution in [3.63, 3.8) is 0 Å². The third-order valence-electron chi connectivity index (χ3n) is 4.45. The number of rotatable bonds is 5. The number of benzene rings is 2. The Morgan fingerprint density at radius 3 is 2.50 bits per heavy atom. The van der Waals surface area contributed by atoms with E-state index in [0.717, 1.165) is 55.1 Å². The molecule has 1 fully saturated rings. The molecular weight excluding hydrogens is 322 g/mol. The molecular formula is C20H22ClNO2. The van der Waals surface area contributed by atoms with Crippen LogP contribution in [-0.4, -0.2) is 30.5 Å². The van der Waals surface area contributed by atoms with Gasteiger partial charge in [0.05, 0.1) is 0 Å². The van der Waals surface area contributed by atoms with Gasteiger partial charge in [0.25, 0.3) is 0 Å². The van der Waals surface area contributed by atoms with E-state index in [1.54, 1.807) is 4.90 Å². The quantitative estimate of drug-likeness (QED) is 0.760. The molecule has 0 aromatic heterocycles. The van der Waals surface area contributed by atoms with Crippen molar-refractivity contribution in [2.24, 2.45) is 0 Å². The van der Waals surface area contributed by atoms with Gasteiger partial charge >= 0.3 is 0 Å². The first-order valence-electron chi connectivity index (χ1n) is 8.34. The fourth-order valence-electron chi connectivity index (χ4n) is 2.99. The van der Waals surface area contributed by atoms with Crippen molar-refractivity contribution >= 4 is 18.0 Å². The topological polar surface area (TPSA) is 29.5 Å². The van der Waals surface area contributed by atoms with Crippen molar-refractivity contribution in [1.29, 1.82) is 0 Å². The van der Waals surface area contributed by atoms with Crippen LogP contribution in [0.3, 0.4) is 0 Å². The van der Waals surface area contributed by atoms with Gasteiger partial charge in [-0.05, 0) is 48.2 Å². The Hall–Kier alpha value is -2.00. The van der Waals surface area contributed by atoms with Gasteiger partial charge in [0, 0.05) is 31.0 Å². The summed E-state index contributed by atoms with van der Waals surface area (Å²) in [6.45, 7) is 3.59. The van der Waals surface area contributed by atoms with Crippen molar-refractivity contribution in [2.45, 2.75) is 32.3 Å². The zero-order chi connectivity index (χ0) is 16.9. The molecule has 3 nitrogen and oxygen atoms in total. The van der Waals surface area contributed by atoms with Gasteiger partial charge in [-0.15, -0.1) is 0 Å². The number of nitrogens with zero attached hydrogens (tertiary/aromatic N) is 1. The molecule has 1 heterocycles. The highest BCUT2D eigenvalue weighted by Gasteiger charge is 2.19. The van der Waals surface area contributed by atoms with E-state index in [1.165, 1.54) is 11.1 Å². The van der Waals surface area contributed by atoms with Crippen molar-refractivity contribution in [3.8, 4) is 5.75 Å². The van der Waals surface area contributed by atoms with Crippen LogP contribution in [0.25, 0.3) is 0 Å². The van der Waals surface area contributed by atoms with Crippen LogP contribution in [0.2, 0.25) is 5.02 Å². The molecule has 0 saturated carbocycles. The van der Waals surface area contributed by atoms with Gasteiger partial charge in [-0.25, -0.2) is 0 Å². The number of hydrogen-bond donors (Lipinski definition) is 0. The maximum Gasteiger partial charge on any atom is 0.209 e. The van der Waals surface area contributed by atoms with E-state index < -0.39 is 0 Å². The summed E-state index contributed by atoms with van der Waals surface area (Å²) in [6, 6.07) is 14.4. The van der Waals surface area contributed by atoms with Crippen LogP contribution >= 0.6 is 11.6 Å². The lowest BCUT2D eigenvalue weighted by molar-refractivity contribution is -0.119. The summed E-state index contributed by atoms with van der Waals surface area (Å²) in [7, 11) is 0. The summed E-state index contributed by atoms with van der Waals surface area (Å²) in [6.07, 6.45) is 3.70. The summed E-state index contributed by atoms with van der Waals surface area (Å²) in [4.78, 5) is 12.5. The molecule has 4 heteroatoms. The first-order valence-corrected chi connectivity index (χ1v) is 8.72. The van der Waals surface area contributed by atoms with Crippen molar-refractivity contribution in [1.82, 2.24) is 4.90 Å². The Labute approximate surface area is 148 Å².